The minimum absolute atomic E-state index is 0.149. The van der Waals surface area contributed by atoms with Crippen LogP contribution in [-0.4, -0.2) is 27.2 Å². The molecular weight excluding hydrogens is 398 g/mol. The summed E-state index contributed by atoms with van der Waals surface area (Å²) in [6.07, 6.45) is 0.149. The van der Waals surface area contributed by atoms with Crippen LogP contribution >= 0.6 is 27.5 Å². The lowest BCUT2D eigenvalue weighted by Crippen LogP contribution is -2.15. The fraction of sp³-hybridized carbons (Fsp3) is 0.235. The van der Waals surface area contributed by atoms with E-state index in [0.717, 1.165) is 10.0 Å². The molecule has 2 aromatic rings. The Morgan fingerprint density at radius 2 is 1.67 bits per heavy atom. The first-order valence-corrected chi connectivity index (χ1v) is 8.19. The Kier molecular flexibility index (Phi) is 6.34. The number of hydrogen-bond donors (Lipinski definition) is 1. The van der Waals surface area contributed by atoms with Gasteiger partial charge in [0, 0.05) is 9.50 Å². The predicted molar refractivity (Wildman–Crippen MR) is 97.6 cm³/mol. The van der Waals surface area contributed by atoms with Gasteiger partial charge in [-0.2, -0.15) is 0 Å². The van der Waals surface area contributed by atoms with Gasteiger partial charge in [-0.1, -0.05) is 27.5 Å². The molecule has 0 aliphatic heterocycles. The first kappa shape index (κ1) is 18.4. The maximum Gasteiger partial charge on any atom is 0.228 e. The summed E-state index contributed by atoms with van der Waals surface area (Å²) in [5.41, 5.74) is 1.29. The number of amides is 1. The van der Waals surface area contributed by atoms with E-state index >= 15 is 0 Å². The second kappa shape index (κ2) is 8.26. The lowest BCUT2D eigenvalue weighted by Gasteiger charge is -2.13. The van der Waals surface area contributed by atoms with E-state index in [4.69, 9.17) is 25.8 Å². The number of halogens is 2. The van der Waals surface area contributed by atoms with Crippen LogP contribution in [-0.2, 0) is 11.2 Å². The Balaban J connectivity index is 2.20. The molecule has 0 spiro atoms. The highest BCUT2D eigenvalue weighted by atomic mass is 79.9. The zero-order valence-electron chi connectivity index (χ0n) is 13.5. The second-order valence-electron chi connectivity index (χ2n) is 4.87. The van der Waals surface area contributed by atoms with Gasteiger partial charge in [0.15, 0.2) is 11.5 Å². The summed E-state index contributed by atoms with van der Waals surface area (Å²) in [6, 6.07) is 8.56. The van der Waals surface area contributed by atoms with E-state index in [1.54, 1.807) is 44.6 Å². The van der Waals surface area contributed by atoms with Gasteiger partial charge in [-0.3, -0.25) is 4.79 Å². The quantitative estimate of drug-likeness (QED) is 0.765. The minimum Gasteiger partial charge on any atom is -0.495 e. The average Bonchev–Trinajstić information content (AvgIpc) is 2.56. The number of carbonyl (C=O) groups is 1. The normalized spacial score (nSPS) is 10.2. The van der Waals surface area contributed by atoms with Gasteiger partial charge in [0.05, 0.1) is 33.4 Å². The molecule has 5 nitrogen and oxygen atoms in total. The third kappa shape index (κ3) is 4.33. The monoisotopic (exact) mass is 413 g/mol. The molecule has 0 radical (unpaired) electrons. The van der Waals surface area contributed by atoms with E-state index in [2.05, 4.69) is 21.2 Å². The SMILES string of the molecule is COc1ccc(Cl)cc1NC(=O)Cc1cc(OC)c(OC)cc1Br. The maximum atomic E-state index is 12.4. The third-order valence-electron chi connectivity index (χ3n) is 3.34. The number of carbonyl (C=O) groups excluding carboxylic acids is 1. The average molecular weight is 415 g/mol. The molecule has 7 heteroatoms. The largest absolute Gasteiger partial charge is 0.495 e. The van der Waals surface area contributed by atoms with E-state index in [0.29, 0.717) is 28.0 Å². The lowest BCUT2D eigenvalue weighted by atomic mass is 10.1. The van der Waals surface area contributed by atoms with Crippen molar-refractivity contribution in [2.24, 2.45) is 0 Å². The zero-order chi connectivity index (χ0) is 17.7. The molecule has 24 heavy (non-hydrogen) atoms. The zero-order valence-corrected chi connectivity index (χ0v) is 15.8. The van der Waals surface area contributed by atoms with Gasteiger partial charge in [0.25, 0.3) is 0 Å². The van der Waals surface area contributed by atoms with Crippen LogP contribution in [0.4, 0.5) is 5.69 Å². The molecule has 1 N–H and O–H groups in total. The van der Waals surface area contributed by atoms with Crippen LogP contribution in [0.2, 0.25) is 5.02 Å². The first-order chi connectivity index (χ1) is 11.5. The van der Waals surface area contributed by atoms with Crippen molar-refractivity contribution < 1.29 is 19.0 Å². The Bertz CT molecular complexity index is 752. The molecule has 0 atom stereocenters. The van der Waals surface area contributed by atoms with E-state index in [1.165, 1.54) is 7.11 Å². The van der Waals surface area contributed by atoms with Crippen molar-refractivity contribution in [3.63, 3.8) is 0 Å². The fourth-order valence-electron chi connectivity index (χ4n) is 2.18. The Hall–Kier alpha value is -1.92. The first-order valence-electron chi connectivity index (χ1n) is 7.02. The molecule has 0 aliphatic rings. The Labute approximate surface area is 154 Å². The molecule has 0 bridgehead atoms. The Morgan fingerprint density at radius 1 is 1.04 bits per heavy atom. The highest BCUT2D eigenvalue weighted by Crippen LogP contribution is 2.34. The smallest absolute Gasteiger partial charge is 0.228 e. The molecule has 0 unspecified atom stereocenters. The predicted octanol–water partition coefficient (Wildman–Crippen LogP) is 4.31. The van der Waals surface area contributed by atoms with E-state index in [-0.39, 0.29) is 12.3 Å². The molecule has 0 heterocycles. The summed E-state index contributed by atoms with van der Waals surface area (Å²) >= 11 is 9.41. The van der Waals surface area contributed by atoms with Crippen molar-refractivity contribution in [2.45, 2.75) is 6.42 Å². The summed E-state index contributed by atoms with van der Waals surface area (Å²) in [5, 5.41) is 3.32. The summed E-state index contributed by atoms with van der Waals surface area (Å²) < 4.78 is 16.5. The standard InChI is InChI=1S/C17H17BrClNO4/c1-22-14-5-4-11(19)8-13(14)20-17(21)7-10-6-15(23-2)16(24-3)9-12(10)18/h4-6,8-9H,7H2,1-3H3,(H,20,21). The van der Waals surface area contributed by atoms with Gasteiger partial charge in [-0.05, 0) is 35.9 Å². The summed E-state index contributed by atoms with van der Waals surface area (Å²) in [6.45, 7) is 0. The van der Waals surface area contributed by atoms with E-state index < -0.39 is 0 Å². The number of hydrogen-bond acceptors (Lipinski definition) is 4. The topological polar surface area (TPSA) is 56.8 Å². The van der Waals surface area contributed by atoms with Crippen LogP contribution in [0.3, 0.4) is 0 Å². The highest BCUT2D eigenvalue weighted by molar-refractivity contribution is 9.10. The molecule has 128 valence electrons. The van der Waals surface area contributed by atoms with Gasteiger partial charge in [-0.25, -0.2) is 0 Å². The number of anilines is 1. The second-order valence-corrected chi connectivity index (χ2v) is 6.16. The summed E-state index contributed by atoms with van der Waals surface area (Å²) in [5.74, 6) is 1.48. The number of ether oxygens (including phenoxy) is 3. The van der Waals surface area contributed by atoms with E-state index in [9.17, 15) is 4.79 Å². The maximum absolute atomic E-state index is 12.4. The number of rotatable bonds is 6. The van der Waals surface area contributed by atoms with Crippen LogP contribution in [0.5, 0.6) is 17.2 Å². The van der Waals surface area contributed by atoms with Gasteiger partial charge >= 0.3 is 0 Å². The Morgan fingerprint density at radius 3 is 2.29 bits per heavy atom. The molecule has 0 aliphatic carbocycles. The van der Waals surface area contributed by atoms with Crippen LogP contribution in [0.25, 0.3) is 0 Å². The van der Waals surface area contributed by atoms with Gasteiger partial charge in [0.2, 0.25) is 5.91 Å². The molecule has 0 saturated carbocycles. The molecule has 2 rings (SSSR count). The summed E-state index contributed by atoms with van der Waals surface area (Å²) in [4.78, 5) is 12.4. The van der Waals surface area contributed by atoms with Crippen molar-refractivity contribution in [2.75, 3.05) is 26.6 Å². The third-order valence-corrected chi connectivity index (χ3v) is 4.31. The molecule has 0 fully saturated rings. The minimum atomic E-state index is -0.205. The van der Waals surface area contributed by atoms with Crippen molar-refractivity contribution in [3.8, 4) is 17.2 Å². The number of nitrogens with one attached hydrogen (secondary N) is 1. The van der Waals surface area contributed by atoms with Crippen molar-refractivity contribution in [3.05, 3.63) is 45.4 Å². The van der Waals surface area contributed by atoms with E-state index in [1.807, 2.05) is 0 Å². The molecule has 1 amide bonds. The molecular formula is C17H17BrClNO4. The van der Waals surface area contributed by atoms with Crippen molar-refractivity contribution >= 4 is 39.1 Å². The lowest BCUT2D eigenvalue weighted by molar-refractivity contribution is -0.115. The number of benzene rings is 2. The van der Waals surface area contributed by atoms with Gasteiger partial charge in [-0.15, -0.1) is 0 Å². The summed E-state index contributed by atoms with van der Waals surface area (Å²) in [7, 11) is 4.64. The molecule has 0 aromatic heterocycles. The highest BCUT2D eigenvalue weighted by Gasteiger charge is 2.14. The molecule has 2 aromatic carbocycles. The van der Waals surface area contributed by atoms with Gasteiger partial charge < -0.3 is 19.5 Å². The molecule has 0 saturated heterocycles. The van der Waals surface area contributed by atoms with Crippen molar-refractivity contribution in [1.29, 1.82) is 0 Å². The van der Waals surface area contributed by atoms with Crippen LogP contribution < -0.4 is 19.5 Å². The fourth-order valence-corrected chi connectivity index (χ4v) is 2.81. The van der Waals surface area contributed by atoms with Crippen LogP contribution in [0.1, 0.15) is 5.56 Å². The van der Waals surface area contributed by atoms with Crippen LogP contribution in [0, 0.1) is 0 Å². The van der Waals surface area contributed by atoms with Gasteiger partial charge in [0.1, 0.15) is 5.75 Å². The van der Waals surface area contributed by atoms with Crippen molar-refractivity contribution in [1.82, 2.24) is 0 Å². The number of methoxy groups -OCH3 is 3. The van der Waals surface area contributed by atoms with Crippen LogP contribution in [0.15, 0.2) is 34.8 Å².